The second kappa shape index (κ2) is 13.5. The highest BCUT2D eigenvalue weighted by molar-refractivity contribution is 7.89. The van der Waals surface area contributed by atoms with Crippen molar-refractivity contribution in [2.24, 2.45) is 0 Å². The van der Waals surface area contributed by atoms with Crippen LogP contribution in [0, 0.1) is 0 Å². The molecule has 1 amide bonds. The van der Waals surface area contributed by atoms with Crippen molar-refractivity contribution in [2.75, 3.05) is 18.4 Å². The Labute approximate surface area is 234 Å². The molecule has 0 saturated carbocycles. The first-order chi connectivity index (χ1) is 18.9. The van der Waals surface area contributed by atoms with Crippen molar-refractivity contribution in [2.45, 2.75) is 44.4 Å². The van der Waals surface area contributed by atoms with Gasteiger partial charge in [0.05, 0.1) is 10.6 Å². The SMILES string of the molecule is CCCCN(CCCC)S(=O)(=O)c1ccc(C(=O)Nc2nc(-c3ccc(Oc4ccccc4)cc3)cs2)cc1. The molecular weight excluding hydrogens is 530 g/mol. The summed E-state index contributed by atoms with van der Waals surface area (Å²) in [6.07, 6.45) is 3.46. The number of hydrogen-bond acceptors (Lipinski definition) is 6. The van der Waals surface area contributed by atoms with Crippen LogP contribution in [-0.4, -0.2) is 36.7 Å². The van der Waals surface area contributed by atoms with Crippen molar-refractivity contribution in [1.82, 2.24) is 9.29 Å². The summed E-state index contributed by atoms with van der Waals surface area (Å²) in [5, 5.41) is 5.15. The minimum atomic E-state index is -3.61. The maximum Gasteiger partial charge on any atom is 0.257 e. The number of benzene rings is 3. The standard InChI is InChI=1S/C30H33N3O4S2/c1-3-5-20-33(21-6-4-2)39(35,36)27-18-14-24(15-19-27)29(34)32-30-31-28(22-38-30)23-12-16-26(17-13-23)37-25-10-8-7-9-11-25/h7-19,22H,3-6,20-21H2,1-2H3,(H,31,32,34). The summed E-state index contributed by atoms with van der Waals surface area (Å²) >= 11 is 1.32. The van der Waals surface area contributed by atoms with Gasteiger partial charge in [-0.05, 0) is 73.5 Å². The summed E-state index contributed by atoms with van der Waals surface area (Å²) in [6.45, 7) is 5.08. The summed E-state index contributed by atoms with van der Waals surface area (Å²) < 4.78 is 33.7. The van der Waals surface area contributed by atoms with Crippen LogP contribution in [0.2, 0.25) is 0 Å². The third kappa shape index (κ3) is 7.53. The number of para-hydroxylation sites is 1. The third-order valence-corrected chi connectivity index (χ3v) is 8.80. The number of nitrogens with zero attached hydrogens (tertiary/aromatic N) is 2. The van der Waals surface area contributed by atoms with Crippen molar-refractivity contribution in [3.63, 3.8) is 0 Å². The van der Waals surface area contributed by atoms with Gasteiger partial charge in [-0.15, -0.1) is 11.3 Å². The van der Waals surface area contributed by atoms with Gasteiger partial charge in [-0.3, -0.25) is 10.1 Å². The normalized spacial score (nSPS) is 11.5. The highest BCUT2D eigenvalue weighted by Crippen LogP contribution is 2.28. The van der Waals surface area contributed by atoms with Crippen molar-refractivity contribution in [3.05, 3.63) is 89.8 Å². The monoisotopic (exact) mass is 563 g/mol. The predicted octanol–water partition coefficient (Wildman–Crippen LogP) is 7.45. The Morgan fingerprint density at radius 1 is 0.872 bits per heavy atom. The van der Waals surface area contributed by atoms with Gasteiger partial charge < -0.3 is 4.74 Å². The molecule has 7 nitrogen and oxygen atoms in total. The molecule has 0 aliphatic heterocycles. The number of ether oxygens (including phenoxy) is 1. The zero-order valence-corrected chi connectivity index (χ0v) is 23.8. The van der Waals surface area contributed by atoms with E-state index in [-0.39, 0.29) is 10.8 Å². The van der Waals surface area contributed by atoms with E-state index in [2.05, 4.69) is 10.3 Å². The summed E-state index contributed by atoms with van der Waals surface area (Å²) in [5.74, 6) is 1.14. The van der Waals surface area contributed by atoms with Gasteiger partial charge in [0, 0.05) is 29.6 Å². The minimum absolute atomic E-state index is 0.197. The Morgan fingerprint density at radius 2 is 1.49 bits per heavy atom. The van der Waals surface area contributed by atoms with Gasteiger partial charge in [-0.2, -0.15) is 4.31 Å². The van der Waals surface area contributed by atoms with Crippen LogP contribution in [0.3, 0.4) is 0 Å². The average Bonchev–Trinajstić information content (AvgIpc) is 3.42. The molecule has 0 aliphatic rings. The van der Waals surface area contributed by atoms with Crippen LogP contribution < -0.4 is 10.1 Å². The average molecular weight is 564 g/mol. The van der Waals surface area contributed by atoms with Crippen LogP contribution in [0.1, 0.15) is 49.9 Å². The molecule has 0 spiro atoms. The second-order valence-corrected chi connectivity index (χ2v) is 11.9. The second-order valence-electron chi connectivity index (χ2n) is 9.07. The van der Waals surface area contributed by atoms with E-state index in [0.717, 1.165) is 48.4 Å². The lowest BCUT2D eigenvalue weighted by Crippen LogP contribution is -2.33. The van der Waals surface area contributed by atoms with E-state index >= 15 is 0 Å². The van der Waals surface area contributed by atoms with Gasteiger partial charge in [0.1, 0.15) is 11.5 Å². The van der Waals surface area contributed by atoms with Gasteiger partial charge >= 0.3 is 0 Å². The molecule has 9 heteroatoms. The van der Waals surface area contributed by atoms with Crippen LogP contribution >= 0.6 is 11.3 Å². The Bertz CT molecular complexity index is 1440. The van der Waals surface area contributed by atoms with Crippen molar-refractivity contribution >= 4 is 32.4 Å². The number of sulfonamides is 1. The third-order valence-electron chi connectivity index (χ3n) is 6.13. The van der Waals surface area contributed by atoms with Gasteiger partial charge in [0.25, 0.3) is 5.91 Å². The van der Waals surface area contributed by atoms with Gasteiger partial charge in [-0.25, -0.2) is 13.4 Å². The molecule has 0 saturated heterocycles. The quantitative estimate of drug-likeness (QED) is 0.183. The molecule has 0 bridgehead atoms. The molecule has 3 aromatic carbocycles. The van der Waals surface area contributed by atoms with E-state index < -0.39 is 10.0 Å². The van der Waals surface area contributed by atoms with Crippen molar-refractivity contribution < 1.29 is 17.9 Å². The fraction of sp³-hybridized carbons (Fsp3) is 0.267. The van der Waals surface area contributed by atoms with Crippen LogP contribution in [0.5, 0.6) is 11.5 Å². The van der Waals surface area contributed by atoms with E-state index in [1.165, 1.54) is 23.5 Å². The minimum Gasteiger partial charge on any atom is -0.457 e. The number of anilines is 1. The van der Waals surface area contributed by atoms with E-state index in [1.54, 1.807) is 16.4 Å². The Hall–Kier alpha value is -3.53. The summed E-state index contributed by atoms with van der Waals surface area (Å²) in [6, 6.07) is 23.2. The largest absolute Gasteiger partial charge is 0.457 e. The van der Waals surface area contributed by atoms with Crippen molar-refractivity contribution in [3.8, 4) is 22.8 Å². The molecule has 1 aromatic heterocycles. The molecule has 1 N–H and O–H groups in total. The lowest BCUT2D eigenvalue weighted by Gasteiger charge is -2.22. The Morgan fingerprint density at radius 3 is 2.10 bits per heavy atom. The molecule has 0 unspecified atom stereocenters. The number of hydrogen-bond donors (Lipinski definition) is 1. The summed E-state index contributed by atoms with van der Waals surface area (Å²) in [4.78, 5) is 17.6. The number of thiazole rings is 1. The fourth-order valence-electron chi connectivity index (χ4n) is 3.90. The molecule has 4 aromatic rings. The number of aromatic nitrogens is 1. The van der Waals surface area contributed by atoms with Gasteiger partial charge in [-0.1, -0.05) is 44.9 Å². The first-order valence-corrected chi connectivity index (χ1v) is 15.4. The number of unbranched alkanes of at least 4 members (excludes halogenated alkanes) is 2. The molecule has 1 heterocycles. The molecule has 0 aliphatic carbocycles. The molecule has 0 atom stereocenters. The van der Waals surface area contributed by atoms with E-state index in [4.69, 9.17) is 4.74 Å². The molecule has 0 fully saturated rings. The number of carbonyl (C=O) groups excluding carboxylic acids is 1. The highest BCUT2D eigenvalue weighted by Gasteiger charge is 2.24. The lowest BCUT2D eigenvalue weighted by atomic mass is 10.2. The highest BCUT2D eigenvalue weighted by atomic mass is 32.2. The molecule has 204 valence electrons. The van der Waals surface area contributed by atoms with Crippen LogP contribution in [0.15, 0.2) is 89.1 Å². The first-order valence-electron chi connectivity index (χ1n) is 13.1. The number of nitrogens with one attached hydrogen (secondary N) is 1. The topological polar surface area (TPSA) is 88.6 Å². The number of amides is 1. The molecular formula is C30H33N3O4S2. The maximum atomic E-state index is 13.2. The van der Waals surface area contributed by atoms with E-state index in [0.29, 0.717) is 23.8 Å². The Kier molecular flexibility index (Phi) is 9.86. The Balaban J connectivity index is 1.39. The molecule has 39 heavy (non-hydrogen) atoms. The summed E-state index contributed by atoms with van der Waals surface area (Å²) in [7, 11) is -3.61. The van der Waals surface area contributed by atoms with Crippen LogP contribution in [-0.2, 0) is 10.0 Å². The van der Waals surface area contributed by atoms with Gasteiger partial charge in [0.15, 0.2) is 5.13 Å². The maximum absolute atomic E-state index is 13.2. The predicted molar refractivity (Wildman–Crippen MR) is 157 cm³/mol. The lowest BCUT2D eigenvalue weighted by molar-refractivity contribution is 0.102. The summed E-state index contributed by atoms with van der Waals surface area (Å²) in [5.41, 5.74) is 2.00. The number of rotatable bonds is 13. The fourth-order valence-corrected chi connectivity index (χ4v) is 6.13. The zero-order chi connectivity index (χ0) is 27.7. The van der Waals surface area contributed by atoms with E-state index in [9.17, 15) is 13.2 Å². The van der Waals surface area contributed by atoms with E-state index in [1.807, 2.05) is 73.8 Å². The molecule has 4 rings (SSSR count). The van der Waals surface area contributed by atoms with Crippen LogP contribution in [0.4, 0.5) is 5.13 Å². The van der Waals surface area contributed by atoms with Crippen LogP contribution in [0.25, 0.3) is 11.3 Å². The smallest absolute Gasteiger partial charge is 0.257 e. The molecule has 0 radical (unpaired) electrons. The zero-order valence-electron chi connectivity index (χ0n) is 22.2. The number of carbonyl (C=O) groups is 1. The van der Waals surface area contributed by atoms with Gasteiger partial charge in [0.2, 0.25) is 10.0 Å². The van der Waals surface area contributed by atoms with Crippen molar-refractivity contribution in [1.29, 1.82) is 0 Å². The first kappa shape index (κ1) is 28.5.